The minimum atomic E-state index is -1.23. The van der Waals surface area contributed by atoms with Crippen molar-refractivity contribution in [3.05, 3.63) is 24.0 Å². The van der Waals surface area contributed by atoms with Gasteiger partial charge in [-0.25, -0.2) is 0 Å². The van der Waals surface area contributed by atoms with E-state index in [-0.39, 0.29) is 11.7 Å². The lowest BCUT2D eigenvalue weighted by atomic mass is 9.88. The SMILES string of the molecule is CCCCCC[C@@H](CC(=O)C(C)(C)O)c1cccn1C. The fourth-order valence-corrected chi connectivity index (χ4v) is 2.54. The van der Waals surface area contributed by atoms with Crippen molar-refractivity contribution < 1.29 is 9.90 Å². The van der Waals surface area contributed by atoms with Gasteiger partial charge in [-0.15, -0.1) is 0 Å². The van der Waals surface area contributed by atoms with Crippen molar-refractivity contribution in [1.29, 1.82) is 0 Å². The van der Waals surface area contributed by atoms with Crippen molar-refractivity contribution in [2.45, 2.75) is 70.8 Å². The maximum atomic E-state index is 12.1. The normalized spacial score (nSPS) is 13.4. The quantitative estimate of drug-likeness (QED) is 0.698. The highest BCUT2D eigenvalue weighted by Gasteiger charge is 2.27. The molecule has 0 saturated heterocycles. The second-order valence-corrected chi connectivity index (χ2v) is 6.28. The van der Waals surface area contributed by atoms with Crippen LogP contribution in [0.15, 0.2) is 18.3 Å². The molecule has 1 rings (SSSR count). The number of carbonyl (C=O) groups excluding carboxylic acids is 1. The van der Waals surface area contributed by atoms with Gasteiger partial charge in [-0.2, -0.15) is 0 Å². The van der Waals surface area contributed by atoms with Crippen molar-refractivity contribution in [3.8, 4) is 0 Å². The number of rotatable bonds is 9. The third-order valence-corrected chi connectivity index (χ3v) is 3.92. The van der Waals surface area contributed by atoms with Crippen molar-refractivity contribution in [2.24, 2.45) is 7.05 Å². The van der Waals surface area contributed by atoms with Crippen molar-refractivity contribution in [2.75, 3.05) is 0 Å². The molecule has 0 fully saturated rings. The number of aliphatic hydroxyl groups is 1. The summed E-state index contributed by atoms with van der Waals surface area (Å²) >= 11 is 0. The number of unbranched alkanes of at least 4 members (excludes halogenated alkanes) is 3. The summed E-state index contributed by atoms with van der Waals surface area (Å²) in [4.78, 5) is 12.1. The first-order valence-electron chi connectivity index (χ1n) is 7.73. The molecule has 0 bridgehead atoms. The minimum Gasteiger partial charge on any atom is -0.383 e. The molecule has 1 heterocycles. The number of hydrogen-bond acceptors (Lipinski definition) is 2. The first-order valence-corrected chi connectivity index (χ1v) is 7.73. The second kappa shape index (κ2) is 7.63. The van der Waals surface area contributed by atoms with Gasteiger partial charge in [0.2, 0.25) is 0 Å². The van der Waals surface area contributed by atoms with E-state index in [1.807, 2.05) is 19.3 Å². The largest absolute Gasteiger partial charge is 0.383 e. The fraction of sp³-hybridized carbons (Fsp3) is 0.706. The number of aryl methyl sites for hydroxylation is 1. The van der Waals surface area contributed by atoms with Gasteiger partial charge >= 0.3 is 0 Å². The average Bonchev–Trinajstić information content (AvgIpc) is 2.78. The first kappa shape index (κ1) is 17.0. The smallest absolute Gasteiger partial charge is 0.164 e. The predicted molar refractivity (Wildman–Crippen MR) is 82.8 cm³/mol. The van der Waals surface area contributed by atoms with Gasteiger partial charge in [0.05, 0.1) is 0 Å². The molecule has 0 radical (unpaired) electrons. The van der Waals surface area contributed by atoms with E-state index in [2.05, 4.69) is 17.6 Å². The molecule has 0 spiro atoms. The van der Waals surface area contributed by atoms with Gasteiger partial charge in [-0.3, -0.25) is 4.79 Å². The maximum Gasteiger partial charge on any atom is 0.164 e. The Balaban J connectivity index is 2.70. The van der Waals surface area contributed by atoms with Crippen LogP contribution in [-0.4, -0.2) is 21.1 Å². The standard InChI is InChI=1S/C17H29NO2/c1-5-6-7-8-10-14(13-16(19)17(2,3)20)15-11-9-12-18(15)4/h9,11-12,14,20H,5-8,10,13H2,1-4H3/t14-/m0/s1. The van der Waals surface area contributed by atoms with Crippen LogP contribution in [0, 0.1) is 0 Å². The Morgan fingerprint density at radius 3 is 2.55 bits per heavy atom. The van der Waals surface area contributed by atoms with E-state index in [1.165, 1.54) is 25.0 Å². The van der Waals surface area contributed by atoms with Crippen LogP contribution >= 0.6 is 0 Å². The molecule has 3 nitrogen and oxygen atoms in total. The topological polar surface area (TPSA) is 42.2 Å². The number of Topliss-reactive ketones (excluding diaryl/α,β-unsaturated/α-hetero) is 1. The van der Waals surface area contributed by atoms with E-state index < -0.39 is 5.60 Å². The van der Waals surface area contributed by atoms with E-state index >= 15 is 0 Å². The zero-order valence-electron chi connectivity index (χ0n) is 13.4. The van der Waals surface area contributed by atoms with Crippen LogP contribution in [0.3, 0.4) is 0 Å². The number of carbonyl (C=O) groups is 1. The van der Waals surface area contributed by atoms with Gasteiger partial charge in [-0.05, 0) is 32.4 Å². The monoisotopic (exact) mass is 279 g/mol. The van der Waals surface area contributed by atoms with Gasteiger partial charge in [0, 0.05) is 31.3 Å². The summed E-state index contributed by atoms with van der Waals surface area (Å²) in [5.74, 6) is 0.143. The summed E-state index contributed by atoms with van der Waals surface area (Å²) in [5.41, 5.74) is -0.0357. The third-order valence-electron chi connectivity index (χ3n) is 3.92. The van der Waals surface area contributed by atoms with E-state index in [0.717, 1.165) is 12.8 Å². The van der Waals surface area contributed by atoms with E-state index in [4.69, 9.17) is 0 Å². The van der Waals surface area contributed by atoms with Crippen LogP contribution < -0.4 is 0 Å². The van der Waals surface area contributed by atoms with Gasteiger partial charge in [0.25, 0.3) is 0 Å². The van der Waals surface area contributed by atoms with Crippen LogP contribution in [0.1, 0.15) is 70.9 Å². The summed E-state index contributed by atoms with van der Waals surface area (Å²) in [5, 5.41) is 9.86. The van der Waals surface area contributed by atoms with Crippen LogP contribution in [0.4, 0.5) is 0 Å². The molecule has 1 aromatic rings. The van der Waals surface area contributed by atoms with Gasteiger partial charge < -0.3 is 9.67 Å². The molecule has 0 amide bonds. The minimum absolute atomic E-state index is 0.0702. The van der Waals surface area contributed by atoms with E-state index in [0.29, 0.717) is 6.42 Å². The lowest BCUT2D eigenvalue weighted by Crippen LogP contribution is -2.32. The first-order chi connectivity index (χ1) is 9.36. The molecule has 0 aromatic carbocycles. The molecule has 3 heteroatoms. The maximum absolute atomic E-state index is 12.1. The zero-order chi connectivity index (χ0) is 15.2. The third kappa shape index (κ3) is 5.12. The molecule has 1 N–H and O–H groups in total. The number of hydrogen-bond donors (Lipinski definition) is 1. The molecule has 0 aliphatic carbocycles. The Bertz CT molecular complexity index is 415. The molecule has 0 aliphatic heterocycles. The van der Waals surface area contributed by atoms with Crippen LogP contribution in [-0.2, 0) is 11.8 Å². The Morgan fingerprint density at radius 2 is 2.05 bits per heavy atom. The van der Waals surface area contributed by atoms with E-state index in [1.54, 1.807) is 13.8 Å². The fourth-order valence-electron chi connectivity index (χ4n) is 2.54. The van der Waals surface area contributed by atoms with Crippen LogP contribution in [0.25, 0.3) is 0 Å². The highest BCUT2D eigenvalue weighted by Crippen LogP contribution is 2.28. The molecular formula is C17H29NO2. The summed E-state index contributed by atoms with van der Waals surface area (Å²) in [6.07, 6.45) is 8.28. The number of nitrogens with zero attached hydrogens (tertiary/aromatic N) is 1. The average molecular weight is 279 g/mol. The second-order valence-electron chi connectivity index (χ2n) is 6.28. The Hall–Kier alpha value is -1.09. The molecule has 114 valence electrons. The lowest BCUT2D eigenvalue weighted by molar-refractivity contribution is -0.134. The number of aromatic nitrogens is 1. The summed E-state index contributed by atoms with van der Waals surface area (Å²) in [6.45, 7) is 5.36. The molecule has 1 atom stereocenters. The molecule has 0 unspecified atom stereocenters. The van der Waals surface area contributed by atoms with E-state index in [9.17, 15) is 9.90 Å². The molecule has 0 saturated carbocycles. The highest BCUT2D eigenvalue weighted by atomic mass is 16.3. The lowest BCUT2D eigenvalue weighted by Gasteiger charge is -2.22. The summed E-state index contributed by atoms with van der Waals surface area (Å²) < 4.78 is 2.09. The molecule has 0 aliphatic rings. The zero-order valence-corrected chi connectivity index (χ0v) is 13.4. The molecular weight excluding hydrogens is 250 g/mol. The molecule has 20 heavy (non-hydrogen) atoms. The van der Waals surface area contributed by atoms with Gasteiger partial charge in [-0.1, -0.05) is 32.6 Å². The van der Waals surface area contributed by atoms with Crippen LogP contribution in [0.5, 0.6) is 0 Å². The van der Waals surface area contributed by atoms with Crippen LogP contribution in [0.2, 0.25) is 0 Å². The van der Waals surface area contributed by atoms with Crippen molar-refractivity contribution in [1.82, 2.24) is 4.57 Å². The predicted octanol–water partition coefficient (Wildman–Crippen LogP) is 3.81. The number of ketones is 1. The summed E-state index contributed by atoms with van der Waals surface area (Å²) in [7, 11) is 2.02. The Morgan fingerprint density at radius 1 is 1.35 bits per heavy atom. The summed E-state index contributed by atoms with van der Waals surface area (Å²) in [6, 6.07) is 4.10. The van der Waals surface area contributed by atoms with Gasteiger partial charge in [0.15, 0.2) is 5.78 Å². The highest BCUT2D eigenvalue weighted by molar-refractivity contribution is 5.86. The van der Waals surface area contributed by atoms with Crippen molar-refractivity contribution in [3.63, 3.8) is 0 Å². The van der Waals surface area contributed by atoms with Gasteiger partial charge in [0.1, 0.15) is 5.60 Å². The Labute approximate surface area is 123 Å². The van der Waals surface area contributed by atoms with Crippen molar-refractivity contribution >= 4 is 5.78 Å². The molecule has 1 aromatic heterocycles. The Kier molecular flexibility index (Phi) is 6.47.